The first-order chi connectivity index (χ1) is 8.87. The van der Waals surface area contributed by atoms with Gasteiger partial charge < -0.3 is 15.2 Å². The van der Waals surface area contributed by atoms with Crippen LogP contribution >= 0.6 is 11.6 Å². The van der Waals surface area contributed by atoms with Crippen LogP contribution in [0.3, 0.4) is 0 Å². The van der Waals surface area contributed by atoms with Crippen molar-refractivity contribution in [2.75, 3.05) is 19.7 Å². The molecular formula is C12H15ClF3NO2. The number of nitrogens with one attached hydrogen (secondary N) is 1. The number of halogens is 4. The third-order valence-corrected chi connectivity index (χ3v) is 2.44. The van der Waals surface area contributed by atoms with E-state index >= 15 is 0 Å². The minimum absolute atomic E-state index is 0.0145. The molecule has 1 atom stereocenters. The molecule has 7 heteroatoms. The average Bonchev–Trinajstić information content (AvgIpc) is 2.31. The zero-order valence-corrected chi connectivity index (χ0v) is 10.8. The Morgan fingerprint density at radius 3 is 2.74 bits per heavy atom. The maximum absolute atomic E-state index is 11.8. The van der Waals surface area contributed by atoms with Crippen LogP contribution in [0.15, 0.2) is 24.3 Å². The summed E-state index contributed by atoms with van der Waals surface area (Å²) in [5.41, 5.74) is 0. The van der Waals surface area contributed by atoms with Gasteiger partial charge in [-0.25, -0.2) is 0 Å². The third kappa shape index (κ3) is 7.92. The molecule has 0 spiro atoms. The van der Waals surface area contributed by atoms with Crippen LogP contribution in [0.1, 0.15) is 6.42 Å². The van der Waals surface area contributed by atoms with Gasteiger partial charge in [-0.05, 0) is 18.2 Å². The third-order valence-electron chi connectivity index (χ3n) is 2.20. The Bertz CT molecular complexity index is 387. The van der Waals surface area contributed by atoms with Crippen molar-refractivity contribution in [3.63, 3.8) is 0 Å². The number of hydrogen-bond acceptors (Lipinski definition) is 3. The van der Waals surface area contributed by atoms with E-state index in [4.69, 9.17) is 16.3 Å². The van der Waals surface area contributed by atoms with Crippen molar-refractivity contribution in [3.05, 3.63) is 29.3 Å². The van der Waals surface area contributed by atoms with E-state index in [0.717, 1.165) is 0 Å². The fraction of sp³-hybridized carbons (Fsp3) is 0.500. The second-order valence-electron chi connectivity index (χ2n) is 3.99. The lowest BCUT2D eigenvalue weighted by Crippen LogP contribution is -2.33. The van der Waals surface area contributed by atoms with Crippen LogP contribution < -0.4 is 10.1 Å². The predicted molar refractivity (Wildman–Crippen MR) is 66.5 cm³/mol. The summed E-state index contributed by atoms with van der Waals surface area (Å²) in [6.45, 7) is -0.201. The van der Waals surface area contributed by atoms with Gasteiger partial charge in [-0.2, -0.15) is 13.2 Å². The van der Waals surface area contributed by atoms with E-state index in [9.17, 15) is 18.3 Å². The van der Waals surface area contributed by atoms with E-state index in [1.54, 1.807) is 24.3 Å². The highest BCUT2D eigenvalue weighted by Crippen LogP contribution is 2.18. The molecule has 0 amide bonds. The molecule has 0 saturated carbocycles. The van der Waals surface area contributed by atoms with Crippen LogP contribution in [-0.2, 0) is 0 Å². The van der Waals surface area contributed by atoms with E-state index in [0.29, 0.717) is 10.8 Å². The topological polar surface area (TPSA) is 41.5 Å². The summed E-state index contributed by atoms with van der Waals surface area (Å²) < 4.78 is 40.8. The Morgan fingerprint density at radius 1 is 1.37 bits per heavy atom. The van der Waals surface area contributed by atoms with Crippen LogP contribution in [0.4, 0.5) is 13.2 Å². The van der Waals surface area contributed by atoms with Crippen molar-refractivity contribution in [1.82, 2.24) is 5.32 Å². The van der Waals surface area contributed by atoms with Gasteiger partial charge in [0, 0.05) is 18.1 Å². The Balaban J connectivity index is 2.16. The van der Waals surface area contributed by atoms with Gasteiger partial charge in [0.05, 0.1) is 6.42 Å². The highest BCUT2D eigenvalue weighted by Gasteiger charge is 2.26. The molecule has 2 N–H and O–H groups in total. The number of benzene rings is 1. The second kappa shape index (κ2) is 7.57. The lowest BCUT2D eigenvalue weighted by molar-refractivity contribution is -0.133. The Kier molecular flexibility index (Phi) is 6.41. The molecule has 0 aliphatic rings. The zero-order valence-electron chi connectivity index (χ0n) is 10.1. The molecule has 1 aromatic carbocycles. The minimum Gasteiger partial charge on any atom is -0.491 e. The van der Waals surface area contributed by atoms with Crippen molar-refractivity contribution in [2.24, 2.45) is 0 Å². The molecule has 19 heavy (non-hydrogen) atoms. The monoisotopic (exact) mass is 297 g/mol. The van der Waals surface area contributed by atoms with Crippen LogP contribution in [-0.4, -0.2) is 37.1 Å². The number of aliphatic hydroxyl groups is 1. The number of rotatable bonds is 7. The Morgan fingerprint density at radius 2 is 2.11 bits per heavy atom. The lowest BCUT2D eigenvalue weighted by Gasteiger charge is -2.14. The first-order valence-electron chi connectivity index (χ1n) is 5.71. The first kappa shape index (κ1) is 16.1. The van der Waals surface area contributed by atoms with Crippen LogP contribution in [0.5, 0.6) is 5.75 Å². The maximum Gasteiger partial charge on any atom is 0.390 e. The van der Waals surface area contributed by atoms with Crippen molar-refractivity contribution in [1.29, 1.82) is 0 Å². The highest BCUT2D eigenvalue weighted by molar-refractivity contribution is 6.30. The summed E-state index contributed by atoms with van der Waals surface area (Å²) in [5.74, 6) is 0.502. The van der Waals surface area contributed by atoms with E-state index in [1.807, 2.05) is 0 Å². The molecule has 0 bridgehead atoms. The van der Waals surface area contributed by atoms with Gasteiger partial charge in [0.15, 0.2) is 0 Å². The summed E-state index contributed by atoms with van der Waals surface area (Å²) in [7, 11) is 0. The molecule has 0 fully saturated rings. The van der Waals surface area contributed by atoms with Gasteiger partial charge in [0.2, 0.25) is 0 Å². The normalized spacial score (nSPS) is 13.3. The fourth-order valence-corrected chi connectivity index (χ4v) is 1.49. The Hall–Kier alpha value is -0.980. The van der Waals surface area contributed by atoms with Gasteiger partial charge in [-0.15, -0.1) is 0 Å². The Labute approximate surface area is 114 Å². The maximum atomic E-state index is 11.8. The largest absolute Gasteiger partial charge is 0.491 e. The van der Waals surface area contributed by atoms with Crippen molar-refractivity contribution < 1.29 is 23.0 Å². The molecule has 0 radical (unpaired) electrons. The molecule has 0 aliphatic heterocycles. The van der Waals surface area contributed by atoms with Gasteiger partial charge in [0.1, 0.15) is 18.5 Å². The standard InChI is InChI=1S/C12H15ClF3NO2/c13-9-2-1-3-11(6-9)19-8-10(18)7-17-5-4-12(14,15)16/h1-3,6,10,17-18H,4-5,7-8H2. The SMILES string of the molecule is OC(CNCCC(F)(F)F)COc1cccc(Cl)c1. The molecule has 0 aliphatic carbocycles. The summed E-state index contributed by atoms with van der Waals surface area (Å²) in [6, 6.07) is 6.65. The molecule has 1 aromatic rings. The summed E-state index contributed by atoms with van der Waals surface area (Å²) in [4.78, 5) is 0. The van der Waals surface area contributed by atoms with E-state index in [1.165, 1.54) is 0 Å². The molecule has 0 aromatic heterocycles. The quantitative estimate of drug-likeness (QED) is 0.760. The van der Waals surface area contributed by atoms with E-state index < -0.39 is 18.7 Å². The first-order valence-corrected chi connectivity index (χ1v) is 6.08. The molecule has 108 valence electrons. The van der Waals surface area contributed by atoms with Crippen molar-refractivity contribution >= 4 is 11.6 Å². The van der Waals surface area contributed by atoms with Gasteiger partial charge in [0.25, 0.3) is 0 Å². The molecular weight excluding hydrogens is 283 g/mol. The van der Waals surface area contributed by atoms with Crippen molar-refractivity contribution in [3.8, 4) is 5.75 Å². The molecule has 0 saturated heterocycles. The van der Waals surface area contributed by atoms with Crippen LogP contribution in [0.2, 0.25) is 5.02 Å². The summed E-state index contributed by atoms with van der Waals surface area (Å²) in [6.07, 6.45) is -5.99. The molecule has 0 heterocycles. The van der Waals surface area contributed by atoms with Gasteiger partial charge >= 0.3 is 6.18 Å². The predicted octanol–water partition coefficient (Wildman–Crippen LogP) is 2.62. The minimum atomic E-state index is -4.19. The molecule has 3 nitrogen and oxygen atoms in total. The second-order valence-corrected chi connectivity index (χ2v) is 4.43. The van der Waals surface area contributed by atoms with Crippen LogP contribution in [0, 0.1) is 0 Å². The summed E-state index contributed by atoms with van der Waals surface area (Å²) >= 11 is 5.74. The lowest BCUT2D eigenvalue weighted by atomic mass is 10.3. The van der Waals surface area contributed by atoms with Crippen molar-refractivity contribution in [2.45, 2.75) is 18.7 Å². The van der Waals surface area contributed by atoms with Gasteiger partial charge in [-0.1, -0.05) is 17.7 Å². The number of ether oxygens (including phenoxy) is 1. The van der Waals surface area contributed by atoms with E-state index in [2.05, 4.69) is 5.32 Å². The highest BCUT2D eigenvalue weighted by atomic mass is 35.5. The zero-order chi connectivity index (χ0) is 14.3. The number of alkyl halides is 3. The van der Waals surface area contributed by atoms with Gasteiger partial charge in [-0.3, -0.25) is 0 Å². The molecule has 1 rings (SSSR count). The van der Waals surface area contributed by atoms with E-state index in [-0.39, 0.29) is 19.7 Å². The molecule has 1 unspecified atom stereocenters. The number of aliphatic hydroxyl groups excluding tert-OH is 1. The summed E-state index contributed by atoms with van der Waals surface area (Å²) in [5, 5.41) is 12.5. The average molecular weight is 298 g/mol. The smallest absolute Gasteiger partial charge is 0.390 e. The fourth-order valence-electron chi connectivity index (χ4n) is 1.31. The van der Waals surface area contributed by atoms with Crippen LogP contribution in [0.25, 0.3) is 0 Å². The number of hydrogen-bond donors (Lipinski definition) is 2.